The van der Waals surface area contributed by atoms with Crippen molar-refractivity contribution < 1.29 is 28.2 Å². The van der Waals surface area contributed by atoms with E-state index in [4.69, 9.17) is 10.4 Å². The van der Waals surface area contributed by atoms with Crippen LogP contribution in [-0.4, -0.2) is 28.0 Å². The SMILES string of the molecule is N#CC1(C(O)(/C=C/C(=C\C(=O)O)C(F)(F)F)C2CC2)CC1. The number of nitriles is 1. The van der Waals surface area contributed by atoms with Gasteiger partial charge in [-0.15, -0.1) is 0 Å². The van der Waals surface area contributed by atoms with E-state index >= 15 is 0 Å². The van der Waals surface area contributed by atoms with Crippen LogP contribution in [0, 0.1) is 22.7 Å². The maximum Gasteiger partial charge on any atom is 0.416 e. The van der Waals surface area contributed by atoms with Gasteiger partial charge in [0.2, 0.25) is 0 Å². The number of allylic oxidation sites excluding steroid dienone is 2. The molecule has 0 radical (unpaired) electrons. The van der Waals surface area contributed by atoms with Gasteiger partial charge in [0, 0.05) is 6.08 Å². The molecule has 0 heterocycles. The Morgan fingerprint density at radius 2 is 1.90 bits per heavy atom. The number of hydrogen-bond acceptors (Lipinski definition) is 3. The van der Waals surface area contributed by atoms with Crippen LogP contribution in [0.3, 0.4) is 0 Å². The third kappa shape index (κ3) is 2.95. The highest BCUT2D eigenvalue weighted by molar-refractivity contribution is 5.81. The minimum absolute atomic E-state index is 0.0514. The number of rotatable bonds is 5. The first-order valence-electron chi connectivity index (χ1n) is 6.49. The molecule has 2 rings (SSSR count). The Kier molecular flexibility index (Phi) is 3.62. The van der Waals surface area contributed by atoms with E-state index in [0.717, 1.165) is 6.08 Å². The van der Waals surface area contributed by atoms with Gasteiger partial charge >= 0.3 is 12.1 Å². The van der Waals surface area contributed by atoms with Gasteiger partial charge in [0.1, 0.15) is 5.60 Å². The van der Waals surface area contributed by atoms with Gasteiger partial charge in [0.05, 0.1) is 17.1 Å². The zero-order valence-corrected chi connectivity index (χ0v) is 11.0. The molecule has 0 aromatic carbocycles. The Morgan fingerprint density at radius 1 is 1.33 bits per heavy atom. The summed E-state index contributed by atoms with van der Waals surface area (Å²) in [7, 11) is 0. The Bertz CT molecular complexity index is 551. The van der Waals surface area contributed by atoms with Crippen molar-refractivity contribution in [3.63, 3.8) is 0 Å². The smallest absolute Gasteiger partial charge is 0.416 e. The van der Waals surface area contributed by atoms with Crippen LogP contribution in [0.1, 0.15) is 25.7 Å². The second kappa shape index (κ2) is 4.88. The molecule has 0 aromatic rings. The summed E-state index contributed by atoms with van der Waals surface area (Å²) in [4.78, 5) is 10.5. The van der Waals surface area contributed by atoms with E-state index in [1.165, 1.54) is 0 Å². The van der Waals surface area contributed by atoms with Crippen molar-refractivity contribution in [3.05, 3.63) is 23.8 Å². The normalized spacial score (nSPS) is 24.4. The Morgan fingerprint density at radius 3 is 2.24 bits per heavy atom. The molecule has 0 saturated heterocycles. The van der Waals surface area contributed by atoms with Gasteiger partial charge in [-0.25, -0.2) is 4.79 Å². The summed E-state index contributed by atoms with van der Waals surface area (Å²) in [5.41, 5.74) is -4.02. The Labute approximate surface area is 119 Å². The first-order chi connectivity index (χ1) is 9.64. The van der Waals surface area contributed by atoms with Crippen LogP contribution in [0.15, 0.2) is 23.8 Å². The maximum atomic E-state index is 12.7. The van der Waals surface area contributed by atoms with Crippen molar-refractivity contribution in [1.29, 1.82) is 5.26 Å². The molecule has 2 fully saturated rings. The summed E-state index contributed by atoms with van der Waals surface area (Å²) >= 11 is 0. The third-order valence-corrected chi connectivity index (χ3v) is 4.05. The second-order valence-electron chi connectivity index (χ2n) is 5.56. The van der Waals surface area contributed by atoms with Crippen LogP contribution >= 0.6 is 0 Å². The fourth-order valence-electron chi connectivity index (χ4n) is 2.51. The van der Waals surface area contributed by atoms with Crippen LogP contribution in [0.5, 0.6) is 0 Å². The van der Waals surface area contributed by atoms with Crippen LogP contribution in [0.4, 0.5) is 13.2 Å². The molecule has 0 spiro atoms. The Hall–Kier alpha value is -1.81. The molecule has 0 aromatic heterocycles. The van der Waals surface area contributed by atoms with Gasteiger partial charge in [0.15, 0.2) is 0 Å². The van der Waals surface area contributed by atoms with Crippen molar-refractivity contribution in [2.45, 2.75) is 37.5 Å². The lowest BCUT2D eigenvalue weighted by Crippen LogP contribution is -2.39. The molecule has 2 saturated carbocycles. The minimum atomic E-state index is -4.83. The van der Waals surface area contributed by atoms with E-state index < -0.39 is 28.7 Å². The van der Waals surface area contributed by atoms with Crippen LogP contribution in [0.25, 0.3) is 0 Å². The van der Waals surface area contributed by atoms with Gasteiger partial charge in [-0.3, -0.25) is 0 Å². The lowest BCUT2D eigenvalue weighted by atomic mass is 9.80. The summed E-state index contributed by atoms with van der Waals surface area (Å²) < 4.78 is 38.2. The zero-order chi connectivity index (χ0) is 15.9. The number of carboxylic acids is 1. The second-order valence-corrected chi connectivity index (χ2v) is 5.56. The van der Waals surface area contributed by atoms with Crippen molar-refractivity contribution in [1.82, 2.24) is 0 Å². The van der Waals surface area contributed by atoms with E-state index in [1.54, 1.807) is 0 Å². The van der Waals surface area contributed by atoms with E-state index in [9.17, 15) is 23.1 Å². The number of aliphatic carboxylic acids is 1. The Balaban J connectivity index is 2.32. The summed E-state index contributed by atoms with van der Waals surface area (Å²) in [6.45, 7) is 0. The predicted octanol–water partition coefficient (Wildman–Crippen LogP) is 2.56. The number of aliphatic hydroxyl groups is 1. The van der Waals surface area contributed by atoms with Gasteiger partial charge in [-0.05, 0) is 31.6 Å². The van der Waals surface area contributed by atoms with Gasteiger partial charge < -0.3 is 10.2 Å². The van der Waals surface area contributed by atoms with Gasteiger partial charge in [-0.1, -0.05) is 12.2 Å². The topological polar surface area (TPSA) is 81.3 Å². The average Bonchev–Trinajstić information content (AvgIpc) is 3.26. The van der Waals surface area contributed by atoms with Crippen molar-refractivity contribution >= 4 is 5.97 Å². The molecule has 2 N–H and O–H groups in total. The molecule has 2 aliphatic carbocycles. The molecule has 0 aliphatic heterocycles. The monoisotopic (exact) mass is 301 g/mol. The van der Waals surface area contributed by atoms with E-state index in [2.05, 4.69) is 0 Å². The number of halogens is 3. The number of carbonyl (C=O) groups is 1. The van der Waals surface area contributed by atoms with Gasteiger partial charge in [0.25, 0.3) is 0 Å². The predicted molar refractivity (Wildman–Crippen MR) is 65.9 cm³/mol. The lowest BCUT2D eigenvalue weighted by molar-refractivity contribution is -0.132. The van der Waals surface area contributed by atoms with Crippen LogP contribution in [-0.2, 0) is 4.79 Å². The van der Waals surface area contributed by atoms with Crippen LogP contribution < -0.4 is 0 Å². The molecule has 0 bridgehead atoms. The molecule has 4 nitrogen and oxygen atoms in total. The zero-order valence-electron chi connectivity index (χ0n) is 11.0. The molecular formula is C14H14F3NO3. The highest BCUT2D eigenvalue weighted by atomic mass is 19.4. The lowest BCUT2D eigenvalue weighted by Gasteiger charge is -2.30. The first kappa shape index (κ1) is 15.6. The largest absolute Gasteiger partial charge is 0.478 e. The van der Waals surface area contributed by atoms with Crippen LogP contribution in [0.2, 0.25) is 0 Å². The van der Waals surface area contributed by atoms with Gasteiger partial charge in [-0.2, -0.15) is 18.4 Å². The molecule has 2 aliphatic rings. The fraction of sp³-hybridized carbons (Fsp3) is 0.571. The molecule has 1 atom stereocenters. The molecule has 0 amide bonds. The molecule has 21 heavy (non-hydrogen) atoms. The van der Waals surface area contributed by atoms with E-state index in [1.807, 2.05) is 6.07 Å². The number of carboxylic acid groups (broad SMARTS) is 1. The quantitative estimate of drug-likeness (QED) is 0.604. The number of hydrogen-bond donors (Lipinski definition) is 2. The maximum absolute atomic E-state index is 12.7. The van der Waals surface area contributed by atoms with Crippen molar-refractivity contribution in [3.8, 4) is 6.07 Å². The summed E-state index contributed by atoms with van der Waals surface area (Å²) in [6.07, 6.45) is -1.08. The fourth-order valence-corrected chi connectivity index (χ4v) is 2.51. The summed E-state index contributed by atoms with van der Waals surface area (Å²) in [6, 6.07) is 2.00. The minimum Gasteiger partial charge on any atom is -0.478 e. The molecular weight excluding hydrogens is 287 g/mol. The summed E-state index contributed by atoms with van der Waals surface area (Å²) in [5, 5.41) is 28.3. The highest BCUT2D eigenvalue weighted by Gasteiger charge is 2.63. The molecule has 1 unspecified atom stereocenters. The molecule has 114 valence electrons. The first-order valence-corrected chi connectivity index (χ1v) is 6.49. The third-order valence-electron chi connectivity index (χ3n) is 4.05. The highest BCUT2D eigenvalue weighted by Crippen LogP contribution is 2.61. The summed E-state index contributed by atoms with van der Waals surface area (Å²) in [5.74, 6) is -1.96. The number of alkyl halides is 3. The standard InChI is InChI=1S/C14H14F3NO3/c15-14(16,17)10(7-11(19)20)3-4-13(21,9-1-2-9)12(8-18)5-6-12/h3-4,7,9,21H,1-2,5-6H2,(H,19,20)/b4-3+,10-7+. The number of nitrogens with zero attached hydrogens (tertiary/aromatic N) is 1. The molecule has 7 heteroatoms. The average molecular weight is 301 g/mol. The van der Waals surface area contributed by atoms with Crippen molar-refractivity contribution in [2.24, 2.45) is 11.3 Å². The van der Waals surface area contributed by atoms with E-state index in [0.29, 0.717) is 31.8 Å². The van der Waals surface area contributed by atoms with Crippen molar-refractivity contribution in [2.75, 3.05) is 0 Å². The van der Waals surface area contributed by atoms with E-state index in [-0.39, 0.29) is 12.0 Å².